The number of benzene rings is 1. The Morgan fingerprint density at radius 1 is 1.31 bits per heavy atom. The predicted molar refractivity (Wildman–Crippen MR) is 49.9 cm³/mol. The smallest absolute Gasteiger partial charge is 1.00 e. The van der Waals surface area contributed by atoms with E-state index in [0.29, 0.717) is 6.42 Å². The van der Waals surface area contributed by atoms with E-state index in [-0.39, 0.29) is 40.0 Å². The molecule has 0 N–H and O–H groups in total. The van der Waals surface area contributed by atoms with E-state index >= 15 is 0 Å². The van der Waals surface area contributed by atoms with Crippen LogP contribution in [0.1, 0.15) is 5.56 Å². The first-order valence-electron chi connectivity index (χ1n) is 3.65. The van der Waals surface area contributed by atoms with Crippen LogP contribution in [0.3, 0.4) is 0 Å². The van der Waals surface area contributed by atoms with Crippen molar-refractivity contribution in [1.29, 1.82) is 0 Å². The molecule has 1 nitrogen and oxygen atoms in total. The molecule has 3 heteroatoms. The van der Waals surface area contributed by atoms with Crippen LogP contribution < -0.4 is 22.1 Å². The average molecular weight is 251 g/mol. The van der Waals surface area contributed by atoms with Crippen LogP contribution in [0.2, 0.25) is 0 Å². The van der Waals surface area contributed by atoms with Gasteiger partial charge in [0.25, 0.3) is 0 Å². The van der Waals surface area contributed by atoms with Crippen molar-refractivity contribution >= 4 is 23.1 Å². The molecule has 1 aromatic carbocycles. The fourth-order valence-electron chi connectivity index (χ4n) is 0.930. The third-order valence-electron chi connectivity index (χ3n) is 1.54. The Kier molecular flexibility index (Phi) is 10.5. The van der Waals surface area contributed by atoms with Crippen molar-refractivity contribution < 1.29 is 22.1 Å². The molecule has 0 heterocycles. The van der Waals surface area contributed by atoms with Crippen molar-refractivity contribution in [3.05, 3.63) is 48.6 Å². The molecule has 1 atom stereocenters. The van der Waals surface area contributed by atoms with Crippen LogP contribution in [-0.4, -0.2) is 29.2 Å². The van der Waals surface area contributed by atoms with Gasteiger partial charge in [0.2, 0.25) is 0 Å². The second-order valence-electron chi connectivity index (χ2n) is 2.46. The van der Waals surface area contributed by atoms with Gasteiger partial charge < -0.3 is 22.1 Å². The normalized spacial score (nSPS) is 10.5. The Balaban J connectivity index is 0. The van der Waals surface area contributed by atoms with E-state index in [0.717, 1.165) is 5.56 Å². The van der Waals surface area contributed by atoms with E-state index in [1.54, 1.807) is 0 Å². The molecule has 0 aliphatic heterocycles. The summed E-state index contributed by atoms with van der Waals surface area (Å²) < 4.78 is 0. The largest absolute Gasteiger partial charge is 2.00 e. The second kappa shape index (κ2) is 8.75. The van der Waals surface area contributed by atoms with Crippen LogP contribution in [0.5, 0.6) is 0 Å². The van der Waals surface area contributed by atoms with Gasteiger partial charge in [-0.1, -0.05) is 30.3 Å². The van der Waals surface area contributed by atoms with Crippen LogP contribution in [0, 0.1) is 0 Å². The minimum absolute atomic E-state index is 0. The van der Waals surface area contributed by atoms with Gasteiger partial charge in [0, 0.05) is 0 Å². The third kappa shape index (κ3) is 6.27. The van der Waals surface area contributed by atoms with Crippen LogP contribution >= 0.6 is 0 Å². The van der Waals surface area contributed by atoms with Gasteiger partial charge in [-0.15, -0.1) is 18.8 Å². The maximum atomic E-state index is 10.9. The number of hydrogen-bond donors (Lipinski definition) is 0. The van der Waals surface area contributed by atoms with Crippen LogP contribution in [-0.2, 0) is 6.42 Å². The molecule has 66 valence electrons. The molecule has 1 unspecified atom stereocenters. The van der Waals surface area contributed by atoms with Gasteiger partial charge in [-0.05, 0) is 12.0 Å². The molecule has 0 bridgehead atoms. The van der Waals surface area contributed by atoms with Gasteiger partial charge in [-0.3, -0.25) is 0 Å². The summed E-state index contributed by atoms with van der Waals surface area (Å²) in [5.74, 6) is 0. The molecule has 0 spiro atoms. The molecule has 1 aromatic rings. The maximum Gasteiger partial charge on any atom is 2.00 e. The molecular formula is C10H11BrMgO. The van der Waals surface area contributed by atoms with Gasteiger partial charge in [-0.25, -0.2) is 0 Å². The molecule has 0 amide bonds. The molecule has 0 aliphatic rings. The minimum atomic E-state index is -0.669. The zero-order chi connectivity index (χ0) is 8.10. The zero-order valence-electron chi connectivity index (χ0n) is 7.45. The van der Waals surface area contributed by atoms with Gasteiger partial charge in [-0.2, -0.15) is 0 Å². The number of rotatable bonds is 3. The first kappa shape index (κ1) is 15.6. The summed E-state index contributed by atoms with van der Waals surface area (Å²) in [6, 6.07) is 9.72. The Morgan fingerprint density at radius 3 is 2.31 bits per heavy atom. The van der Waals surface area contributed by atoms with Crippen molar-refractivity contribution in [2.24, 2.45) is 0 Å². The second-order valence-corrected chi connectivity index (χ2v) is 2.46. The van der Waals surface area contributed by atoms with Crippen molar-refractivity contribution in [3.8, 4) is 0 Å². The third-order valence-corrected chi connectivity index (χ3v) is 1.54. The molecule has 0 radical (unpaired) electrons. The van der Waals surface area contributed by atoms with E-state index in [2.05, 4.69) is 6.58 Å². The number of halogens is 1. The summed E-state index contributed by atoms with van der Waals surface area (Å²) in [6.45, 7) is 3.44. The molecule has 0 saturated heterocycles. The fourth-order valence-corrected chi connectivity index (χ4v) is 0.930. The molecule has 0 aliphatic carbocycles. The van der Waals surface area contributed by atoms with Crippen molar-refractivity contribution in [3.63, 3.8) is 0 Å². The standard InChI is InChI=1S/C10H11O.BrH.Mg/c1-2-10(11)8-9-6-4-3-5-7-9;;/h2-7,10H,1,8H2;1H;/q-1;;+2/p-1. The first-order valence-corrected chi connectivity index (χ1v) is 3.65. The van der Waals surface area contributed by atoms with Crippen LogP contribution in [0.25, 0.3) is 0 Å². The average Bonchev–Trinajstić information content (AvgIpc) is 2.06. The summed E-state index contributed by atoms with van der Waals surface area (Å²) >= 11 is 0. The fraction of sp³-hybridized carbons (Fsp3) is 0.200. The van der Waals surface area contributed by atoms with Gasteiger partial charge in [0.1, 0.15) is 0 Å². The Bertz CT molecular complexity index is 226. The summed E-state index contributed by atoms with van der Waals surface area (Å²) in [7, 11) is 0. The van der Waals surface area contributed by atoms with Crippen LogP contribution in [0.15, 0.2) is 43.0 Å². The van der Waals surface area contributed by atoms with Gasteiger partial charge in [0.15, 0.2) is 0 Å². The summed E-state index contributed by atoms with van der Waals surface area (Å²) in [5.41, 5.74) is 1.08. The first-order chi connectivity index (χ1) is 5.33. The zero-order valence-corrected chi connectivity index (χ0v) is 10.4. The Labute approximate surface area is 106 Å². The van der Waals surface area contributed by atoms with Crippen molar-refractivity contribution in [1.82, 2.24) is 0 Å². The van der Waals surface area contributed by atoms with E-state index in [1.807, 2.05) is 30.3 Å². The Morgan fingerprint density at radius 2 is 1.85 bits per heavy atom. The Hall–Kier alpha value is 0.166. The quantitative estimate of drug-likeness (QED) is 0.440. The molecule has 1 rings (SSSR count). The molecule has 0 saturated carbocycles. The number of hydrogen-bond acceptors (Lipinski definition) is 1. The maximum absolute atomic E-state index is 10.9. The van der Waals surface area contributed by atoms with Gasteiger partial charge in [0.05, 0.1) is 0 Å². The van der Waals surface area contributed by atoms with Crippen molar-refractivity contribution in [2.45, 2.75) is 12.5 Å². The van der Waals surface area contributed by atoms with E-state index < -0.39 is 6.10 Å². The topological polar surface area (TPSA) is 23.1 Å². The summed E-state index contributed by atoms with van der Waals surface area (Å²) in [6.07, 6.45) is 1.31. The van der Waals surface area contributed by atoms with E-state index in [1.165, 1.54) is 6.08 Å². The van der Waals surface area contributed by atoms with E-state index in [4.69, 9.17) is 0 Å². The predicted octanol–water partition coefficient (Wildman–Crippen LogP) is -2.23. The monoisotopic (exact) mass is 250 g/mol. The molecular weight excluding hydrogens is 240 g/mol. The molecule has 0 aromatic heterocycles. The van der Waals surface area contributed by atoms with E-state index in [9.17, 15) is 5.11 Å². The minimum Gasteiger partial charge on any atom is -1.00 e. The van der Waals surface area contributed by atoms with Crippen LogP contribution in [0.4, 0.5) is 0 Å². The molecule has 0 fully saturated rings. The summed E-state index contributed by atoms with van der Waals surface area (Å²) in [4.78, 5) is 0. The molecule has 13 heavy (non-hydrogen) atoms. The summed E-state index contributed by atoms with van der Waals surface area (Å²) in [5, 5.41) is 10.9. The SMILES string of the molecule is C=CC([O-])Cc1ccccc1.[Br-].[Mg+2]. The van der Waals surface area contributed by atoms with Gasteiger partial charge >= 0.3 is 23.1 Å². The van der Waals surface area contributed by atoms with Crippen molar-refractivity contribution in [2.75, 3.05) is 0 Å².